The lowest BCUT2D eigenvalue weighted by Crippen LogP contribution is -2.28. The number of ether oxygens (including phenoxy) is 1. The van der Waals surface area contributed by atoms with Crippen LogP contribution in [0.1, 0.15) is 12.5 Å². The molecule has 0 radical (unpaired) electrons. The number of esters is 1. The molecular weight excluding hydrogens is 446 g/mol. The first-order valence-corrected chi connectivity index (χ1v) is 9.40. The summed E-state index contributed by atoms with van der Waals surface area (Å²) < 4.78 is 33.9. The molecule has 0 aliphatic rings. The highest BCUT2D eigenvalue weighted by Crippen LogP contribution is 2.33. The summed E-state index contributed by atoms with van der Waals surface area (Å²) in [5, 5.41) is 1.82. The first-order chi connectivity index (χ1) is 15.2. The molecule has 1 amide bonds. The van der Waals surface area contributed by atoms with Crippen molar-refractivity contribution in [3.05, 3.63) is 66.0 Å². The average Bonchev–Trinajstić information content (AvgIpc) is 3.19. The van der Waals surface area contributed by atoms with Crippen molar-refractivity contribution in [1.29, 1.82) is 0 Å². The number of nitrogens with zero attached hydrogens (tertiary/aromatic N) is 5. The SMILES string of the molecule is CC(F)(F)c1cc(NC(=O)C(=O)Oc2ccc(-c3cnc4cnccn34)cn2)ncc1Cl. The van der Waals surface area contributed by atoms with E-state index in [1.54, 1.807) is 35.3 Å². The van der Waals surface area contributed by atoms with Gasteiger partial charge in [-0.05, 0) is 12.1 Å². The molecule has 4 aromatic rings. The van der Waals surface area contributed by atoms with Gasteiger partial charge in [-0.15, -0.1) is 0 Å². The molecule has 0 saturated carbocycles. The van der Waals surface area contributed by atoms with Crippen LogP contribution in [-0.2, 0) is 15.5 Å². The van der Waals surface area contributed by atoms with Gasteiger partial charge in [-0.2, -0.15) is 0 Å². The number of aromatic nitrogens is 5. The van der Waals surface area contributed by atoms with Crippen LogP contribution in [-0.4, -0.2) is 36.2 Å². The molecule has 0 unspecified atom stereocenters. The second kappa shape index (κ2) is 8.27. The van der Waals surface area contributed by atoms with Crippen molar-refractivity contribution < 1.29 is 23.1 Å². The van der Waals surface area contributed by atoms with Gasteiger partial charge in [-0.3, -0.25) is 14.2 Å². The van der Waals surface area contributed by atoms with Crippen molar-refractivity contribution in [3.8, 4) is 17.1 Å². The summed E-state index contributed by atoms with van der Waals surface area (Å²) in [5.41, 5.74) is 1.53. The van der Waals surface area contributed by atoms with Gasteiger partial charge in [0.2, 0.25) is 5.88 Å². The van der Waals surface area contributed by atoms with E-state index in [1.807, 2.05) is 0 Å². The van der Waals surface area contributed by atoms with Crippen molar-refractivity contribution in [2.75, 3.05) is 5.32 Å². The highest BCUT2D eigenvalue weighted by molar-refractivity contribution is 6.37. The van der Waals surface area contributed by atoms with Crippen molar-refractivity contribution >= 4 is 34.9 Å². The lowest BCUT2D eigenvalue weighted by atomic mass is 10.1. The molecule has 12 heteroatoms. The Labute approximate surface area is 184 Å². The summed E-state index contributed by atoms with van der Waals surface area (Å²) in [6, 6.07) is 3.91. The number of hydrogen-bond donors (Lipinski definition) is 1. The molecule has 0 saturated heterocycles. The lowest BCUT2D eigenvalue weighted by Gasteiger charge is -2.13. The van der Waals surface area contributed by atoms with Gasteiger partial charge in [0.1, 0.15) is 5.82 Å². The predicted molar refractivity (Wildman–Crippen MR) is 109 cm³/mol. The largest absolute Gasteiger partial charge is 0.403 e. The van der Waals surface area contributed by atoms with Crippen LogP contribution in [0.4, 0.5) is 14.6 Å². The first kappa shape index (κ1) is 21.2. The van der Waals surface area contributed by atoms with E-state index < -0.39 is 23.4 Å². The van der Waals surface area contributed by atoms with E-state index in [4.69, 9.17) is 16.3 Å². The molecule has 0 spiro atoms. The van der Waals surface area contributed by atoms with Gasteiger partial charge < -0.3 is 10.1 Å². The monoisotopic (exact) mass is 458 g/mol. The number of carbonyl (C=O) groups is 2. The Bertz CT molecular complexity index is 1320. The zero-order valence-electron chi connectivity index (χ0n) is 16.3. The molecule has 0 aromatic carbocycles. The van der Waals surface area contributed by atoms with Gasteiger partial charge in [0.05, 0.1) is 23.1 Å². The van der Waals surface area contributed by atoms with Crippen molar-refractivity contribution in [2.24, 2.45) is 0 Å². The fraction of sp³-hybridized carbons (Fsp3) is 0.100. The quantitative estimate of drug-likeness (QED) is 0.368. The molecule has 32 heavy (non-hydrogen) atoms. The zero-order chi connectivity index (χ0) is 22.9. The van der Waals surface area contributed by atoms with Crippen LogP contribution in [0.5, 0.6) is 5.88 Å². The number of anilines is 1. The van der Waals surface area contributed by atoms with Gasteiger partial charge >= 0.3 is 11.9 Å². The molecule has 4 aromatic heterocycles. The van der Waals surface area contributed by atoms with Crippen LogP contribution in [0.15, 0.2) is 55.4 Å². The number of carbonyl (C=O) groups excluding carboxylic acids is 2. The summed E-state index contributed by atoms with van der Waals surface area (Å²) in [6.07, 6.45) is 8.99. The van der Waals surface area contributed by atoms with E-state index in [1.165, 1.54) is 12.3 Å². The highest BCUT2D eigenvalue weighted by atomic mass is 35.5. The molecule has 9 nitrogen and oxygen atoms in total. The Balaban J connectivity index is 1.44. The van der Waals surface area contributed by atoms with E-state index in [2.05, 4.69) is 25.3 Å². The minimum atomic E-state index is -3.26. The van der Waals surface area contributed by atoms with Gasteiger partial charge in [-0.25, -0.2) is 28.5 Å². The second-order valence-corrected chi connectivity index (χ2v) is 7.02. The number of hydrogen-bond acceptors (Lipinski definition) is 7. The van der Waals surface area contributed by atoms with Crippen molar-refractivity contribution in [2.45, 2.75) is 12.8 Å². The van der Waals surface area contributed by atoms with Crippen LogP contribution in [0, 0.1) is 0 Å². The van der Waals surface area contributed by atoms with Crippen LogP contribution < -0.4 is 10.1 Å². The standard InChI is InChI=1S/C20H13ClF2N6O3/c1-20(22,23)12-6-15(25-8-13(12)21)28-18(30)19(31)32-17-3-2-11(7-27-17)14-9-26-16-10-24-4-5-29(14)16/h2-10H,1H3,(H,25,28,30). The van der Waals surface area contributed by atoms with E-state index in [-0.39, 0.29) is 16.7 Å². The molecule has 0 fully saturated rings. The van der Waals surface area contributed by atoms with Gasteiger partial charge in [0.25, 0.3) is 5.92 Å². The maximum Gasteiger partial charge on any atom is 0.403 e. The van der Waals surface area contributed by atoms with E-state index in [9.17, 15) is 18.4 Å². The van der Waals surface area contributed by atoms with Gasteiger partial charge in [-0.1, -0.05) is 11.6 Å². The number of pyridine rings is 2. The molecular formula is C20H13ClF2N6O3. The van der Waals surface area contributed by atoms with Crippen LogP contribution >= 0.6 is 11.6 Å². The molecule has 0 bridgehead atoms. The number of imidazole rings is 1. The fourth-order valence-electron chi connectivity index (χ4n) is 2.80. The van der Waals surface area contributed by atoms with E-state index >= 15 is 0 Å². The minimum absolute atomic E-state index is 0.130. The second-order valence-electron chi connectivity index (χ2n) is 6.61. The molecule has 4 rings (SSSR count). The fourth-order valence-corrected chi connectivity index (χ4v) is 3.07. The Morgan fingerprint density at radius 1 is 1.12 bits per heavy atom. The lowest BCUT2D eigenvalue weighted by molar-refractivity contribution is -0.145. The van der Waals surface area contributed by atoms with Crippen LogP contribution in [0.2, 0.25) is 5.02 Å². The summed E-state index contributed by atoms with van der Waals surface area (Å²) in [5.74, 6) is -6.19. The van der Waals surface area contributed by atoms with Crippen LogP contribution in [0.3, 0.4) is 0 Å². The summed E-state index contributed by atoms with van der Waals surface area (Å²) >= 11 is 5.71. The number of alkyl halides is 2. The highest BCUT2D eigenvalue weighted by Gasteiger charge is 2.28. The molecule has 1 N–H and O–H groups in total. The van der Waals surface area contributed by atoms with Gasteiger partial charge in [0.15, 0.2) is 5.65 Å². The van der Waals surface area contributed by atoms with Crippen molar-refractivity contribution in [1.82, 2.24) is 24.3 Å². The molecule has 162 valence electrons. The first-order valence-electron chi connectivity index (χ1n) is 9.03. The summed E-state index contributed by atoms with van der Waals surface area (Å²) in [4.78, 5) is 40.1. The zero-order valence-corrected chi connectivity index (χ0v) is 17.0. The molecule has 0 aliphatic heterocycles. The third-order valence-corrected chi connectivity index (χ3v) is 4.60. The Morgan fingerprint density at radius 3 is 2.66 bits per heavy atom. The number of amides is 1. The minimum Gasteiger partial charge on any atom is -0.400 e. The topological polar surface area (TPSA) is 111 Å². The van der Waals surface area contributed by atoms with Crippen LogP contribution in [0.25, 0.3) is 16.9 Å². The summed E-state index contributed by atoms with van der Waals surface area (Å²) in [6.45, 7) is 0.646. The van der Waals surface area contributed by atoms with Crippen molar-refractivity contribution in [3.63, 3.8) is 0 Å². The number of halogens is 3. The molecule has 0 aliphatic carbocycles. The van der Waals surface area contributed by atoms with E-state index in [0.29, 0.717) is 18.1 Å². The third-order valence-electron chi connectivity index (χ3n) is 4.30. The maximum atomic E-state index is 13.6. The number of fused-ring (bicyclic) bond motifs is 1. The number of rotatable bonds is 4. The third kappa shape index (κ3) is 4.37. The van der Waals surface area contributed by atoms with E-state index in [0.717, 1.165) is 18.0 Å². The summed E-state index contributed by atoms with van der Waals surface area (Å²) in [7, 11) is 0. The smallest absolute Gasteiger partial charge is 0.400 e. The number of nitrogens with one attached hydrogen (secondary N) is 1. The molecule has 4 heterocycles. The maximum absolute atomic E-state index is 13.6. The average molecular weight is 459 g/mol. The normalized spacial score (nSPS) is 11.4. The molecule has 0 atom stereocenters. The predicted octanol–water partition coefficient (Wildman–Crippen LogP) is 3.50. The Hall–Kier alpha value is -3.99. The Morgan fingerprint density at radius 2 is 1.94 bits per heavy atom. The van der Waals surface area contributed by atoms with Gasteiger partial charge in [0, 0.05) is 48.9 Å². The Kier molecular flexibility index (Phi) is 5.49.